The number of aliphatic hydroxyl groups is 1. The first kappa shape index (κ1) is 12.6. The molecule has 1 aromatic rings. The second kappa shape index (κ2) is 5.61. The van der Waals surface area contributed by atoms with Gasteiger partial charge in [0.25, 0.3) is 0 Å². The Labute approximate surface area is 95.3 Å². The summed E-state index contributed by atoms with van der Waals surface area (Å²) in [4.78, 5) is 15.6. The van der Waals surface area contributed by atoms with Crippen molar-refractivity contribution in [2.45, 2.75) is 26.9 Å². The van der Waals surface area contributed by atoms with Gasteiger partial charge in [-0.3, -0.25) is 0 Å². The number of aliphatic hydroxyl groups excluding tert-OH is 1. The highest BCUT2D eigenvalue weighted by molar-refractivity contribution is 5.89. The number of rotatable bonds is 4. The summed E-state index contributed by atoms with van der Waals surface area (Å²) in [7, 11) is 0. The lowest BCUT2D eigenvalue weighted by Gasteiger charge is -2.16. The Bertz CT molecular complexity index is 363. The summed E-state index contributed by atoms with van der Waals surface area (Å²) < 4.78 is 4.89. The Morgan fingerprint density at radius 1 is 1.56 bits per heavy atom. The molecule has 1 rings (SSSR count). The number of hydrogen-bond donors (Lipinski definition) is 1. The molecule has 0 aliphatic rings. The maximum Gasteiger partial charge on any atom is 0.357 e. The zero-order chi connectivity index (χ0) is 12.1. The van der Waals surface area contributed by atoms with Crippen LogP contribution >= 0.6 is 0 Å². The van der Waals surface area contributed by atoms with Crippen LogP contribution in [0.5, 0.6) is 0 Å². The molecule has 4 nitrogen and oxygen atoms in total. The molecule has 0 amide bonds. The largest absolute Gasteiger partial charge is 0.461 e. The Kier molecular flexibility index (Phi) is 4.43. The third-order valence-corrected chi connectivity index (χ3v) is 2.26. The highest BCUT2D eigenvalue weighted by Gasteiger charge is 2.21. The smallest absolute Gasteiger partial charge is 0.357 e. The number of nitrogens with zero attached hydrogens (tertiary/aromatic N) is 1. The summed E-state index contributed by atoms with van der Waals surface area (Å²) in [5.74, 6) is -0.463. The molecule has 0 fully saturated rings. The van der Waals surface area contributed by atoms with E-state index in [9.17, 15) is 9.90 Å². The molecule has 0 bridgehead atoms. The van der Waals surface area contributed by atoms with Crippen molar-refractivity contribution in [3.8, 4) is 0 Å². The lowest BCUT2D eigenvalue weighted by atomic mass is 9.98. The van der Waals surface area contributed by atoms with Crippen LogP contribution in [0.1, 0.15) is 42.9 Å². The molecule has 4 heteroatoms. The van der Waals surface area contributed by atoms with E-state index in [4.69, 9.17) is 4.74 Å². The zero-order valence-electron chi connectivity index (χ0n) is 9.80. The van der Waals surface area contributed by atoms with Crippen molar-refractivity contribution in [2.75, 3.05) is 6.61 Å². The molecule has 0 radical (unpaired) electrons. The minimum absolute atomic E-state index is 0.0253. The van der Waals surface area contributed by atoms with Crippen molar-refractivity contribution in [3.63, 3.8) is 0 Å². The first-order valence-corrected chi connectivity index (χ1v) is 5.38. The highest BCUT2D eigenvalue weighted by Crippen LogP contribution is 2.23. The number of aromatic nitrogens is 1. The molecule has 0 saturated carbocycles. The standard InChI is InChI=1S/C12H17NO3/c1-4-16-12(15)10-9(6-5-7-13-10)11(14)8(2)3/h5-8,11,14H,4H2,1-3H3. The average molecular weight is 223 g/mol. The monoisotopic (exact) mass is 223 g/mol. The fourth-order valence-corrected chi connectivity index (χ4v) is 1.39. The molecule has 1 unspecified atom stereocenters. The van der Waals surface area contributed by atoms with Crippen LogP contribution in [0.15, 0.2) is 18.3 Å². The lowest BCUT2D eigenvalue weighted by Crippen LogP contribution is -2.15. The van der Waals surface area contributed by atoms with Gasteiger partial charge < -0.3 is 9.84 Å². The first-order valence-electron chi connectivity index (χ1n) is 5.38. The molecule has 1 heterocycles. The van der Waals surface area contributed by atoms with Crippen LogP contribution in [-0.2, 0) is 4.74 Å². The number of carbonyl (C=O) groups excluding carboxylic acids is 1. The molecule has 16 heavy (non-hydrogen) atoms. The molecular weight excluding hydrogens is 206 g/mol. The molecule has 88 valence electrons. The number of hydrogen-bond acceptors (Lipinski definition) is 4. The maximum atomic E-state index is 11.6. The quantitative estimate of drug-likeness (QED) is 0.792. The Morgan fingerprint density at radius 3 is 2.81 bits per heavy atom. The van der Waals surface area contributed by atoms with Crippen molar-refractivity contribution in [1.82, 2.24) is 4.98 Å². The van der Waals surface area contributed by atoms with E-state index in [1.54, 1.807) is 19.1 Å². The van der Waals surface area contributed by atoms with Gasteiger partial charge in [-0.1, -0.05) is 19.9 Å². The van der Waals surface area contributed by atoms with E-state index < -0.39 is 12.1 Å². The van der Waals surface area contributed by atoms with Crippen LogP contribution < -0.4 is 0 Å². The molecule has 0 aliphatic heterocycles. The summed E-state index contributed by atoms with van der Waals surface area (Å²) in [5.41, 5.74) is 0.724. The summed E-state index contributed by atoms with van der Waals surface area (Å²) in [6.07, 6.45) is 0.816. The summed E-state index contributed by atoms with van der Waals surface area (Å²) in [6, 6.07) is 3.40. The maximum absolute atomic E-state index is 11.6. The topological polar surface area (TPSA) is 59.4 Å². The predicted octanol–water partition coefficient (Wildman–Crippen LogP) is 1.95. The van der Waals surface area contributed by atoms with Gasteiger partial charge in [0.05, 0.1) is 12.7 Å². The van der Waals surface area contributed by atoms with E-state index in [0.29, 0.717) is 12.2 Å². The number of ether oxygens (including phenoxy) is 1. The van der Waals surface area contributed by atoms with E-state index in [-0.39, 0.29) is 11.6 Å². The fourth-order valence-electron chi connectivity index (χ4n) is 1.39. The molecule has 0 spiro atoms. The second-order valence-electron chi connectivity index (χ2n) is 3.85. The second-order valence-corrected chi connectivity index (χ2v) is 3.85. The summed E-state index contributed by atoms with van der Waals surface area (Å²) in [5, 5.41) is 9.95. The zero-order valence-corrected chi connectivity index (χ0v) is 9.80. The first-order chi connectivity index (χ1) is 7.57. The summed E-state index contributed by atoms with van der Waals surface area (Å²) >= 11 is 0. The van der Waals surface area contributed by atoms with Crippen molar-refractivity contribution < 1.29 is 14.6 Å². The van der Waals surface area contributed by atoms with Crippen molar-refractivity contribution in [1.29, 1.82) is 0 Å². The van der Waals surface area contributed by atoms with Crippen molar-refractivity contribution in [3.05, 3.63) is 29.6 Å². The Morgan fingerprint density at radius 2 is 2.25 bits per heavy atom. The number of carbonyl (C=O) groups is 1. The van der Waals surface area contributed by atoms with E-state index in [1.165, 1.54) is 6.20 Å². The van der Waals surface area contributed by atoms with E-state index in [0.717, 1.165) is 0 Å². The van der Waals surface area contributed by atoms with E-state index >= 15 is 0 Å². The normalized spacial score (nSPS) is 12.6. The van der Waals surface area contributed by atoms with Crippen LogP contribution in [0.25, 0.3) is 0 Å². The molecule has 0 aliphatic carbocycles. The van der Waals surface area contributed by atoms with Gasteiger partial charge in [-0.25, -0.2) is 9.78 Å². The lowest BCUT2D eigenvalue weighted by molar-refractivity contribution is 0.0506. The van der Waals surface area contributed by atoms with Gasteiger partial charge in [-0.15, -0.1) is 0 Å². The average Bonchev–Trinajstić information content (AvgIpc) is 2.28. The minimum Gasteiger partial charge on any atom is -0.461 e. The van der Waals surface area contributed by atoms with E-state index in [2.05, 4.69) is 4.98 Å². The molecule has 0 saturated heterocycles. The van der Waals surface area contributed by atoms with Crippen LogP contribution in [0.4, 0.5) is 0 Å². The van der Waals surface area contributed by atoms with Gasteiger partial charge >= 0.3 is 5.97 Å². The van der Waals surface area contributed by atoms with Gasteiger partial charge in [0, 0.05) is 11.8 Å². The number of pyridine rings is 1. The molecule has 1 N–H and O–H groups in total. The van der Waals surface area contributed by atoms with Gasteiger partial charge in [0.1, 0.15) is 0 Å². The Hall–Kier alpha value is -1.42. The van der Waals surface area contributed by atoms with Gasteiger partial charge in [-0.05, 0) is 18.9 Å². The summed E-state index contributed by atoms with van der Waals surface area (Å²) in [6.45, 7) is 5.80. The molecule has 0 aromatic carbocycles. The van der Waals surface area contributed by atoms with Crippen molar-refractivity contribution in [2.24, 2.45) is 5.92 Å². The van der Waals surface area contributed by atoms with Gasteiger partial charge in [0.2, 0.25) is 0 Å². The van der Waals surface area contributed by atoms with Gasteiger partial charge in [-0.2, -0.15) is 0 Å². The molecule has 1 atom stereocenters. The third-order valence-electron chi connectivity index (χ3n) is 2.26. The predicted molar refractivity (Wildman–Crippen MR) is 60.0 cm³/mol. The van der Waals surface area contributed by atoms with Crippen LogP contribution in [-0.4, -0.2) is 22.7 Å². The SMILES string of the molecule is CCOC(=O)c1ncccc1C(O)C(C)C. The van der Waals surface area contributed by atoms with Crippen molar-refractivity contribution >= 4 is 5.97 Å². The Balaban J connectivity index is 3.05. The molecular formula is C12H17NO3. The minimum atomic E-state index is -0.701. The number of esters is 1. The van der Waals surface area contributed by atoms with Crippen LogP contribution in [0, 0.1) is 5.92 Å². The fraction of sp³-hybridized carbons (Fsp3) is 0.500. The van der Waals surface area contributed by atoms with Crippen LogP contribution in [0.2, 0.25) is 0 Å². The van der Waals surface area contributed by atoms with Crippen LogP contribution in [0.3, 0.4) is 0 Å². The van der Waals surface area contributed by atoms with E-state index in [1.807, 2.05) is 13.8 Å². The third kappa shape index (κ3) is 2.79. The highest BCUT2D eigenvalue weighted by atomic mass is 16.5. The van der Waals surface area contributed by atoms with Gasteiger partial charge in [0.15, 0.2) is 5.69 Å². The molecule has 1 aromatic heterocycles.